The third-order valence-corrected chi connectivity index (χ3v) is 4.64. The third-order valence-electron chi connectivity index (χ3n) is 4.64. The second-order valence-corrected chi connectivity index (χ2v) is 6.38. The van der Waals surface area contributed by atoms with Crippen molar-refractivity contribution in [2.75, 3.05) is 18.5 Å². The lowest BCUT2D eigenvalue weighted by Crippen LogP contribution is -2.28. The summed E-state index contributed by atoms with van der Waals surface area (Å²) >= 11 is 0. The molecule has 3 heterocycles. The van der Waals surface area contributed by atoms with Crippen molar-refractivity contribution in [3.63, 3.8) is 0 Å². The topological polar surface area (TPSA) is 122 Å². The number of carbonyl (C=O) groups excluding carboxylic acids is 1. The molecule has 9 heteroatoms. The maximum Gasteiger partial charge on any atom is 0.256 e. The molecular formula is C18H19N5O4. The summed E-state index contributed by atoms with van der Waals surface area (Å²) in [5, 5.41) is 21.6. The lowest BCUT2D eigenvalue weighted by molar-refractivity contribution is -0.0284. The van der Waals surface area contributed by atoms with Gasteiger partial charge >= 0.3 is 0 Å². The summed E-state index contributed by atoms with van der Waals surface area (Å²) in [5.74, 6) is 0.0546. The van der Waals surface area contributed by atoms with Gasteiger partial charge in [-0.05, 0) is 18.6 Å². The highest BCUT2D eigenvalue weighted by molar-refractivity contribution is 6.06. The Kier molecular flexibility index (Phi) is 4.80. The first kappa shape index (κ1) is 17.5. The number of benzene rings is 1. The molecule has 1 aromatic carbocycles. The van der Waals surface area contributed by atoms with Gasteiger partial charge in [0.05, 0.1) is 31.7 Å². The van der Waals surface area contributed by atoms with Crippen LogP contribution in [0.2, 0.25) is 0 Å². The van der Waals surface area contributed by atoms with Crippen molar-refractivity contribution >= 4 is 22.9 Å². The van der Waals surface area contributed by atoms with Crippen LogP contribution in [0.25, 0.3) is 11.2 Å². The first-order valence-electron chi connectivity index (χ1n) is 8.62. The Morgan fingerprint density at radius 1 is 1.30 bits per heavy atom. The van der Waals surface area contributed by atoms with Crippen LogP contribution in [0.4, 0.5) is 5.82 Å². The quantitative estimate of drug-likeness (QED) is 0.607. The number of nitrogens with zero attached hydrogens (tertiary/aromatic N) is 4. The second kappa shape index (κ2) is 7.39. The van der Waals surface area contributed by atoms with Crippen LogP contribution < -0.4 is 5.32 Å². The molecule has 4 rings (SSSR count). The van der Waals surface area contributed by atoms with E-state index in [9.17, 15) is 9.90 Å². The molecule has 1 aliphatic heterocycles. The molecule has 3 aromatic rings. The minimum atomic E-state index is -0.917. The van der Waals surface area contributed by atoms with Crippen molar-refractivity contribution in [2.24, 2.45) is 0 Å². The zero-order valence-electron chi connectivity index (χ0n) is 14.4. The van der Waals surface area contributed by atoms with Crippen LogP contribution in [0.5, 0.6) is 0 Å². The number of imidazole rings is 1. The number of aliphatic hydroxyl groups is 2. The fraction of sp³-hybridized carbons (Fsp3) is 0.333. The van der Waals surface area contributed by atoms with Crippen LogP contribution in [0.3, 0.4) is 0 Å². The van der Waals surface area contributed by atoms with Gasteiger partial charge in [0.1, 0.15) is 12.4 Å². The van der Waals surface area contributed by atoms with Crippen LogP contribution in [0.1, 0.15) is 22.8 Å². The normalized spacial score (nSPS) is 20.7. The van der Waals surface area contributed by atoms with Gasteiger partial charge in [0.2, 0.25) is 0 Å². The highest BCUT2D eigenvalue weighted by Gasteiger charge is 2.32. The molecule has 0 saturated carbocycles. The van der Waals surface area contributed by atoms with Gasteiger partial charge in [-0.15, -0.1) is 0 Å². The van der Waals surface area contributed by atoms with Gasteiger partial charge in [0, 0.05) is 5.56 Å². The minimum absolute atomic E-state index is 0.0752. The molecule has 0 unspecified atom stereocenters. The molecule has 0 spiro atoms. The Bertz CT molecular complexity index is 945. The monoisotopic (exact) mass is 369 g/mol. The molecule has 1 saturated heterocycles. The Balaban J connectivity index is 1.58. The van der Waals surface area contributed by atoms with E-state index in [1.165, 1.54) is 6.33 Å². The van der Waals surface area contributed by atoms with Gasteiger partial charge in [0.25, 0.3) is 5.91 Å². The van der Waals surface area contributed by atoms with Crippen LogP contribution >= 0.6 is 0 Å². The molecule has 2 aromatic heterocycles. The van der Waals surface area contributed by atoms with Crippen LogP contribution in [-0.4, -0.2) is 61.1 Å². The molecule has 9 nitrogen and oxygen atoms in total. The first-order chi connectivity index (χ1) is 13.2. The SMILES string of the molecule is O=C(Nc1ncnc2c1ncn2[C@@H]1CO[C@H]([C@H](O)CO)C1)c1ccccc1. The number of hydrogen-bond donors (Lipinski definition) is 3. The van der Waals surface area contributed by atoms with Crippen molar-refractivity contribution < 1.29 is 19.7 Å². The Labute approximate surface area is 154 Å². The zero-order valence-corrected chi connectivity index (χ0v) is 14.4. The van der Waals surface area contributed by atoms with Crippen molar-refractivity contribution in [1.29, 1.82) is 0 Å². The average molecular weight is 369 g/mol. The van der Waals surface area contributed by atoms with E-state index in [2.05, 4.69) is 20.3 Å². The fourth-order valence-electron chi connectivity index (χ4n) is 3.20. The van der Waals surface area contributed by atoms with E-state index in [0.29, 0.717) is 35.6 Å². The van der Waals surface area contributed by atoms with E-state index < -0.39 is 12.2 Å². The molecule has 1 aliphatic rings. The number of hydrogen-bond acceptors (Lipinski definition) is 7. The Hall–Kier alpha value is -2.88. The predicted molar refractivity (Wildman–Crippen MR) is 96.2 cm³/mol. The minimum Gasteiger partial charge on any atom is -0.394 e. The largest absolute Gasteiger partial charge is 0.394 e. The maximum absolute atomic E-state index is 12.4. The number of carbonyl (C=O) groups is 1. The number of nitrogens with one attached hydrogen (secondary N) is 1. The molecule has 0 radical (unpaired) electrons. The Morgan fingerprint density at radius 3 is 2.89 bits per heavy atom. The molecule has 0 bridgehead atoms. The summed E-state index contributed by atoms with van der Waals surface area (Å²) in [6.07, 6.45) is 2.18. The molecule has 27 heavy (non-hydrogen) atoms. The van der Waals surface area contributed by atoms with E-state index in [1.807, 2.05) is 10.6 Å². The summed E-state index contributed by atoms with van der Waals surface area (Å²) in [4.78, 5) is 25.2. The number of anilines is 1. The van der Waals surface area contributed by atoms with E-state index in [0.717, 1.165) is 0 Å². The highest BCUT2D eigenvalue weighted by atomic mass is 16.5. The van der Waals surface area contributed by atoms with Crippen LogP contribution in [0.15, 0.2) is 43.0 Å². The van der Waals surface area contributed by atoms with Crippen LogP contribution in [0, 0.1) is 0 Å². The summed E-state index contributed by atoms with van der Waals surface area (Å²) in [6.45, 7) is 0.0306. The number of ether oxygens (including phenoxy) is 1. The van der Waals surface area contributed by atoms with Gasteiger partial charge < -0.3 is 24.8 Å². The van der Waals surface area contributed by atoms with Gasteiger partial charge in [-0.2, -0.15) is 0 Å². The molecule has 0 aliphatic carbocycles. The van der Waals surface area contributed by atoms with Crippen LogP contribution in [-0.2, 0) is 4.74 Å². The zero-order chi connectivity index (χ0) is 18.8. The summed E-state index contributed by atoms with van der Waals surface area (Å²) in [5.41, 5.74) is 1.57. The first-order valence-corrected chi connectivity index (χ1v) is 8.62. The third kappa shape index (κ3) is 3.39. The second-order valence-electron chi connectivity index (χ2n) is 6.38. The molecule has 140 valence electrons. The Morgan fingerprint density at radius 2 is 2.11 bits per heavy atom. The van der Waals surface area contributed by atoms with Crippen molar-refractivity contribution in [1.82, 2.24) is 19.5 Å². The number of aromatic nitrogens is 4. The summed E-state index contributed by atoms with van der Waals surface area (Å²) in [7, 11) is 0. The highest BCUT2D eigenvalue weighted by Crippen LogP contribution is 2.30. The molecule has 1 amide bonds. The average Bonchev–Trinajstić information content (AvgIpc) is 3.35. The fourth-order valence-corrected chi connectivity index (χ4v) is 3.20. The van der Waals surface area contributed by atoms with E-state index in [4.69, 9.17) is 9.84 Å². The van der Waals surface area contributed by atoms with Gasteiger partial charge in [-0.3, -0.25) is 4.79 Å². The van der Waals surface area contributed by atoms with E-state index in [1.54, 1.807) is 30.6 Å². The number of rotatable bonds is 5. The van der Waals surface area contributed by atoms with Crippen molar-refractivity contribution in [2.45, 2.75) is 24.7 Å². The summed E-state index contributed by atoms with van der Waals surface area (Å²) < 4.78 is 7.42. The standard InChI is InChI=1S/C18H19N5O4/c24-7-13(25)14-6-12(8-27-14)23-10-21-15-16(19-9-20-17(15)23)22-18(26)11-4-2-1-3-5-11/h1-5,9-10,12-14,24-25H,6-8H2,(H,19,20,22,26)/t12-,13+,14-/m0/s1. The van der Waals surface area contributed by atoms with E-state index >= 15 is 0 Å². The molecule has 3 N–H and O–H groups in total. The van der Waals surface area contributed by atoms with Crippen molar-refractivity contribution in [3.8, 4) is 0 Å². The molecular weight excluding hydrogens is 350 g/mol. The van der Waals surface area contributed by atoms with E-state index in [-0.39, 0.29) is 18.6 Å². The smallest absolute Gasteiger partial charge is 0.256 e. The van der Waals surface area contributed by atoms with Gasteiger partial charge in [-0.25, -0.2) is 15.0 Å². The summed E-state index contributed by atoms with van der Waals surface area (Å²) in [6, 6.07) is 8.77. The maximum atomic E-state index is 12.4. The van der Waals surface area contributed by atoms with Gasteiger partial charge in [0.15, 0.2) is 17.0 Å². The predicted octanol–water partition coefficient (Wildman–Crippen LogP) is 0.762. The van der Waals surface area contributed by atoms with Gasteiger partial charge in [-0.1, -0.05) is 18.2 Å². The number of amides is 1. The number of fused-ring (bicyclic) bond motifs is 1. The van der Waals surface area contributed by atoms with Crippen molar-refractivity contribution in [3.05, 3.63) is 48.5 Å². The molecule has 3 atom stereocenters. The lowest BCUT2D eigenvalue weighted by Gasteiger charge is -2.14. The molecule has 1 fully saturated rings. The number of aliphatic hydroxyl groups excluding tert-OH is 2. The lowest BCUT2D eigenvalue weighted by atomic mass is 10.1.